The molecule has 0 amide bonds. The number of rotatable bonds is 5. The lowest BCUT2D eigenvalue weighted by Gasteiger charge is -2.36. The molecule has 2 aromatic rings. The van der Waals surface area contributed by atoms with Gasteiger partial charge >= 0.3 is 0 Å². The molecule has 2 N–H and O–H groups in total. The van der Waals surface area contributed by atoms with Gasteiger partial charge in [-0.1, -0.05) is 24.3 Å². The van der Waals surface area contributed by atoms with Crippen LogP contribution < -0.4 is 10.6 Å². The minimum atomic E-state index is -0.206. The van der Waals surface area contributed by atoms with Crippen LogP contribution in [-0.4, -0.2) is 68.2 Å². The fraction of sp³-hybridized carbons (Fsp3) is 0.435. The molecular formula is C23H30FN5O. The second-order valence-electron chi connectivity index (χ2n) is 7.78. The van der Waals surface area contributed by atoms with Crippen molar-refractivity contribution in [2.24, 2.45) is 10.7 Å². The van der Waals surface area contributed by atoms with Crippen LogP contribution in [0.3, 0.4) is 0 Å². The van der Waals surface area contributed by atoms with E-state index in [2.05, 4.69) is 39.0 Å². The van der Waals surface area contributed by atoms with Crippen LogP contribution in [0.15, 0.2) is 53.5 Å². The number of ether oxygens (including phenoxy) is 1. The van der Waals surface area contributed by atoms with Crippen molar-refractivity contribution in [1.29, 1.82) is 0 Å². The molecule has 2 aliphatic rings. The molecule has 0 aliphatic carbocycles. The summed E-state index contributed by atoms with van der Waals surface area (Å²) in [6, 6.07) is 15.1. The summed E-state index contributed by atoms with van der Waals surface area (Å²) in [5.74, 6) is 0.387. The van der Waals surface area contributed by atoms with Crippen molar-refractivity contribution in [2.45, 2.75) is 13.1 Å². The van der Waals surface area contributed by atoms with Gasteiger partial charge in [-0.25, -0.2) is 9.38 Å². The van der Waals surface area contributed by atoms with E-state index in [0.717, 1.165) is 64.7 Å². The fourth-order valence-corrected chi connectivity index (χ4v) is 3.98. The Morgan fingerprint density at radius 3 is 2.27 bits per heavy atom. The van der Waals surface area contributed by atoms with E-state index >= 15 is 0 Å². The number of halogens is 1. The molecule has 2 aliphatic heterocycles. The second kappa shape index (κ2) is 9.91. The predicted octanol–water partition coefficient (Wildman–Crippen LogP) is 2.29. The molecular weight excluding hydrogens is 381 g/mol. The number of morpholine rings is 1. The molecule has 0 unspecified atom stereocenters. The Balaban J connectivity index is 1.33. The van der Waals surface area contributed by atoms with Crippen LogP contribution in [0.2, 0.25) is 0 Å². The summed E-state index contributed by atoms with van der Waals surface area (Å²) in [6.45, 7) is 8.36. The molecule has 6 nitrogen and oxygen atoms in total. The normalized spacial score (nSPS) is 18.6. The Kier molecular flexibility index (Phi) is 6.81. The fourth-order valence-electron chi connectivity index (χ4n) is 3.98. The van der Waals surface area contributed by atoms with Crippen molar-refractivity contribution in [3.63, 3.8) is 0 Å². The van der Waals surface area contributed by atoms with Crippen LogP contribution >= 0.6 is 0 Å². The van der Waals surface area contributed by atoms with Gasteiger partial charge in [-0.05, 0) is 35.4 Å². The van der Waals surface area contributed by atoms with Crippen LogP contribution in [0.4, 0.5) is 10.1 Å². The minimum absolute atomic E-state index is 0.206. The average molecular weight is 412 g/mol. The third-order valence-corrected chi connectivity index (χ3v) is 5.82. The maximum absolute atomic E-state index is 13.1. The smallest absolute Gasteiger partial charge is 0.191 e. The van der Waals surface area contributed by atoms with Gasteiger partial charge < -0.3 is 20.3 Å². The first-order chi connectivity index (χ1) is 14.7. The summed E-state index contributed by atoms with van der Waals surface area (Å²) in [5.41, 5.74) is 9.88. The number of nitrogens with two attached hydrogens (primary N) is 1. The molecule has 7 heteroatoms. The molecule has 0 bridgehead atoms. The number of benzene rings is 2. The first kappa shape index (κ1) is 20.6. The molecule has 2 fully saturated rings. The van der Waals surface area contributed by atoms with Gasteiger partial charge in [0.05, 0.1) is 19.8 Å². The summed E-state index contributed by atoms with van der Waals surface area (Å²) < 4.78 is 18.6. The highest BCUT2D eigenvalue weighted by Crippen LogP contribution is 2.17. The van der Waals surface area contributed by atoms with Crippen LogP contribution in [-0.2, 0) is 17.8 Å². The zero-order chi connectivity index (χ0) is 20.8. The standard InChI is InChI=1S/C23H30FN5O/c24-21-5-7-22(8-6-21)28-9-11-29(12-10-28)23(25)26-17-19-3-1-2-4-20(19)18-27-13-15-30-16-14-27/h1-8H,9-18H2,(H2,25,26). The summed E-state index contributed by atoms with van der Waals surface area (Å²) in [7, 11) is 0. The summed E-state index contributed by atoms with van der Waals surface area (Å²) in [4.78, 5) is 11.5. The van der Waals surface area contributed by atoms with Crippen LogP contribution in [0.5, 0.6) is 0 Å². The number of nitrogens with zero attached hydrogens (tertiary/aromatic N) is 4. The maximum atomic E-state index is 13.1. The summed E-state index contributed by atoms with van der Waals surface area (Å²) >= 11 is 0. The van der Waals surface area contributed by atoms with E-state index in [-0.39, 0.29) is 5.82 Å². The lowest BCUT2D eigenvalue weighted by atomic mass is 10.1. The molecule has 2 saturated heterocycles. The first-order valence-corrected chi connectivity index (χ1v) is 10.6. The molecule has 2 aromatic carbocycles. The van der Waals surface area contributed by atoms with Crippen LogP contribution in [0.1, 0.15) is 11.1 Å². The largest absolute Gasteiger partial charge is 0.379 e. The molecule has 0 aromatic heterocycles. The van der Waals surface area contributed by atoms with Gasteiger partial charge in [-0.2, -0.15) is 0 Å². The van der Waals surface area contributed by atoms with Crippen molar-refractivity contribution in [3.8, 4) is 0 Å². The molecule has 0 atom stereocenters. The lowest BCUT2D eigenvalue weighted by Crippen LogP contribution is -2.51. The molecule has 30 heavy (non-hydrogen) atoms. The Hall–Kier alpha value is -2.64. The van der Waals surface area contributed by atoms with Crippen molar-refractivity contribution < 1.29 is 9.13 Å². The third kappa shape index (κ3) is 5.29. The first-order valence-electron chi connectivity index (χ1n) is 10.6. The minimum Gasteiger partial charge on any atom is -0.379 e. The summed E-state index contributed by atoms with van der Waals surface area (Å²) in [6.07, 6.45) is 0. The number of piperazine rings is 1. The van der Waals surface area contributed by atoms with E-state index in [4.69, 9.17) is 15.5 Å². The molecule has 160 valence electrons. The highest BCUT2D eigenvalue weighted by atomic mass is 19.1. The second-order valence-corrected chi connectivity index (χ2v) is 7.78. The van der Waals surface area contributed by atoms with Crippen molar-refractivity contribution in [2.75, 3.05) is 57.4 Å². The Morgan fingerprint density at radius 1 is 0.900 bits per heavy atom. The van der Waals surface area contributed by atoms with Crippen LogP contribution in [0.25, 0.3) is 0 Å². The van der Waals surface area contributed by atoms with Crippen molar-refractivity contribution in [1.82, 2.24) is 9.80 Å². The van der Waals surface area contributed by atoms with E-state index in [0.29, 0.717) is 12.5 Å². The highest BCUT2D eigenvalue weighted by Gasteiger charge is 2.19. The molecule has 2 heterocycles. The Bertz CT molecular complexity index is 843. The molecule has 0 spiro atoms. The van der Waals surface area contributed by atoms with Crippen molar-refractivity contribution >= 4 is 11.6 Å². The van der Waals surface area contributed by atoms with Crippen molar-refractivity contribution in [3.05, 3.63) is 65.5 Å². The number of hydrogen-bond donors (Lipinski definition) is 1. The van der Waals surface area contributed by atoms with E-state index in [1.807, 2.05) is 12.1 Å². The average Bonchev–Trinajstić information content (AvgIpc) is 2.80. The zero-order valence-electron chi connectivity index (χ0n) is 17.3. The van der Waals surface area contributed by atoms with E-state index in [1.165, 1.54) is 23.3 Å². The monoisotopic (exact) mass is 411 g/mol. The summed E-state index contributed by atoms with van der Waals surface area (Å²) in [5, 5.41) is 0. The number of hydrogen-bond acceptors (Lipinski definition) is 4. The number of anilines is 1. The van der Waals surface area contributed by atoms with Gasteiger partial charge in [0.15, 0.2) is 5.96 Å². The SMILES string of the molecule is NC(=NCc1ccccc1CN1CCOCC1)N1CCN(c2ccc(F)cc2)CC1. The third-order valence-electron chi connectivity index (χ3n) is 5.82. The maximum Gasteiger partial charge on any atom is 0.191 e. The lowest BCUT2D eigenvalue weighted by molar-refractivity contribution is 0.0341. The van der Waals surface area contributed by atoms with Gasteiger partial charge in [-0.15, -0.1) is 0 Å². The van der Waals surface area contributed by atoms with Gasteiger partial charge in [0.25, 0.3) is 0 Å². The molecule has 0 radical (unpaired) electrons. The van der Waals surface area contributed by atoms with Gasteiger partial charge in [0, 0.05) is 51.5 Å². The van der Waals surface area contributed by atoms with E-state index < -0.39 is 0 Å². The molecule has 0 saturated carbocycles. The van der Waals surface area contributed by atoms with Gasteiger partial charge in [0.1, 0.15) is 5.82 Å². The zero-order valence-corrected chi connectivity index (χ0v) is 17.3. The number of guanidine groups is 1. The highest BCUT2D eigenvalue weighted by molar-refractivity contribution is 5.78. The predicted molar refractivity (Wildman–Crippen MR) is 118 cm³/mol. The quantitative estimate of drug-likeness (QED) is 0.604. The van der Waals surface area contributed by atoms with Gasteiger partial charge in [0.2, 0.25) is 0 Å². The Morgan fingerprint density at radius 2 is 1.57 bits per heavy atom. The van der Waals surface area contributed by atoms with E-state index in [9.17, 15) is 4.39 Å². The Labute approximate surface area is 177 Å². The van der Waals surface area contributed by atoms with Gasteiger partial charge in [-0.3, -0.25) is 4.90 Å². The topological polar surface area (TPSA) is 57.3 Å². The van der Waals surface area contributed by atoms with Crippen LogP contribution in [0, 0.1) is 5.82 Å². The van der Waals surface area contributed by atoms with E-state index in [1.54, 1.807) is 0 Å². The molecule has 4 rings (SSSR count). The number of aliphatic imine (C=N–C) groups is 1.